The first-order chi connectivity index (χ1) is 8.95. The number of halogens is 3. The first-order valence-electron chi connectivity index (χ1n) is 5.69. The van der Waals surface area contributed by atoms with E-state index in [1.165, 1.54) is 13.8 Å². The Morgan fingerprint density at radius 3 is 2.40 bits per heavy atom. The summed E-state index contributed by atoms with van der Waals surface area (Å²) in [5, 5.41) is 2.11. The quantitative estimate of drug-likeness (QED) is 0.801. The Hall–Kier alpha value is -1.57. The van der Waals surface area contributed by atoms with E-state index in [1.807, 2.05) is 0 Å². The molecule has 0 bridgehead atoms. The minimum atomic E-state index is -4.75. The van der Waals surface area contributed by atoms with E-state index in [-0.39, 0.29) is 0 Å². The summed E-state index contributed by atoms with van der Waals surface area (Å²) in [6.45, 7) is 2.75. The largest absolute Gasteiger partial charge is 0.418 e. The molecule has 0 atom stereocenters. The maximum Gasteiger partial charge on any atom is 0.418 e. The zero-order chi connectivity index (χ0) is 15.3. The molecule has 20 heavy (non-hydrogen) atoms. The van der Waals surface area contributed by atoms with Crippen molar-refractivity contribution in [3.63, 3.8) is 0 Å². The molecule has 0 spiro atoms. The number of carbonyl (C=O) groups is 1. The lowest BCUT2D eigenvalue weighted by Crippen LogP contribution is -2.34. The first-order valence-corrected chi connectivity index (χ1v) is 7.35. The highest BCUT2D eigenvalue weighted by Gasteiger charge is 2.43. The van der Waals surface area contributed by atoms with E-state index in [0.717, 1.165) is 18.2 Å². The molecule has 2 rings (SSSR count). The summed E-state index contributed by atoms with van der Waals surface area (Å²) in [6.07, 6.45) is -4.75. The molecule has 110 valence electrons. The van der Waals surface area contributed by atoms with Crippen LogP contribution >= 0.6 is 0 Å². The monoisotopic (exact) mass is 307 g/mol. The highest BCUT2D eigenvalue weighted by atomic mass is 32.2. The third kappa shape index (κ3) is 2.39. The molecule has 8 heteroatoms. The number of benzene rings is 1. The van der Waals surface area contributed by atoms with Gasteiger partial charge in [-0.05, 0) is 12.1 Å². The number of fused-ring (bicyclic) bond motifs is 1. The van der Waals surface area contributed by atoms with Crippen molar-refractivity contribution in [1.82, 2.24) is 0 Å². The van der Waals surface area contributed by atoms with Crippen molar-refractivity contribution < 1.29 is 26.4 Å². The molecule has 0 aromatic heterocycles. The maximum atomic E-state index is 12.9. The molecule has 0 saturated carbocycles. The molecule has 4 nitrogen and oxygen atoms in total. The van der Waals surface area contributed by atoms with Crippen molar-refractivity contribution >= 4 is 21.4 Å². The Balaban J connectivity index is 2.77. The van der Waals surface area contributed by atoms with Gasteiger partial charge in [-0.15, -0.1) is 0 Å². The lowest BCUT2D eigenvalue weighted by atomic mass is 9.95. The van der Waals surface area contributed by atoms with Gasteiger partial charge in [0.2, 0.25) is 5.91 Å². The average Bonchev–Trinajstić information content (AvgIpc) is 2.31. The maximum absolute atomic E-state index is 12.9. The smallest absolute Gasteiger partial charge is 0.324 e. The summed E-state index contributed by atoms with van der Waals surface area (Å²) in [5.41, 5.74) is -3.15. The van der Waals surface area contributed by atoms with Crippen LogP contribution in [0.25, 0.3) is 0 Å². The van der Waals surface area contributed by atoms with Crippen LogP contribution in [-0.2, 0) is 20.8 Å². The van der Waals surface area contributed by atoms with Crippen LogP contribution in [0.1, 0.15) is 19.4 Å². The molecule has 1 aromatic carbocycles. The molecule has 0 aliphatic carbocycles. The number of hydrogen-bond acceptors (Lipinski definition) is 3. The molecule has 0 fully saturated rings. The third-order valence-corrected chi connectivity index (χ3v) is 5.18. The number of para-hydroxylation sites is 1. The van der Waals surface area contributed by atoms with E-state index in [4.69, 9.17) is 0 Å². The van der Waals surface area contributed by atoms with E-state index in [2.05, 4.69) is 5.32 Å². The van der Waals surface area contributed by atoms with Crippen LogP contribution in [0.4, 0.5) is 18.9 Å². The minimum Gasteiger partial charge on any atom is -0.324 e. The SMILES string of the molecule is CC1(C)CS(=O)(=O)c2cccc(C(F)(F)F)c2NC1=O. The number of amides is 1. The summed E-state index contributed by atoms with van der Waals surface area (Å²) in [4.78, 5) is 11.4. The van der Waals surface area contributed by atoms with Gasteiger partial charge in [-0.3, -0.25) is 4.79 Å². The predicted molar refractivity (Wildman–Crippen MR) is 65.9 cm³/mol. The molecule has 0 radical (unpaired) electrons. The third-order valence-electron chi connectivity index (χ3n) is 3.07. The molecular formula is C12H12F3NO3S. The standard InChI is InChI=1S/C12H12F3NO3S/c1-11(2)6-20(18,19)8-5-3-4-7(12(13,14)15)9(8)16-10(11)17/h3-5H,6H2,1-2H3,(H,16,17). The zero-order valence-corrected chi connectivity index (χ0v) is 11.5. The fourth-order valence-electron chi connectivity index (χ4n) is 2.06. The Bertz CT molecular complexity index is 678. The predicted octanol–water partition coefficient (Wildman–Crippen LogP) is 2.46. The van der Waals surface area contributed by atoms with Crippen LogP contribution in [-0.4, -0.2) is 20.1 Å². The van der Waals surface area contributed by atoms with Crippen molar-refractivity contribution in [3.05, 3.63) is 23.8 Å². The highest BCUT2D eigenvalue weighted by Crippen LogP contribution is 2.41. The van der Waals surface area contributed by atoms with Gasteiger partial charge in [-0.2, -0.15) is 13.2 Å². The molecule has 1 aliphatic heterocycles. The summed E-state index contributed by atoms with van der Waals surface area (Å²) < 4.78 is 63.1. The topological polar surface area (TPSA) is 63.2 Å². The van der Waals surface area contributed by atoms with Gasteiger partial charge in [0.1, 0.15) is 0 Å². The van der Waals surface area contributed by atoms with Crippen molar-refractivity contribution in [1.29, 1.82) is 0 Å². The van der Waals surface area contributed by atoms with E-state index >= 15 is 0 Å². The molecule has 0 saturated heterocycles. The van der Waals surface area contributed by atoms with Crippen molar-refractivity contribution in [2.24, 2.45) is 5.41 Å². The second-order valence-electron chi connectivity index (χ2n) is 5.27. The van der Waals surface area contributed by atoms with E-state index in [9.17, 15) is 26.4 Å². The summed E-state index contributed by atoms with van der Waals surface area (Å²) in [5.74, 6) is -1.29. The van der Waals surface area contributed by atoms with Crippen molar-refractivity contribution in [2.45, 2.75) is 24.9 Å². The van der Waals surface area contributed by atoms with Gasteiger partial charge in [0, 0.05) is 0 Å². The molecular weight excluding hydrogens is 295 g/mol. The van der Waals surface area contributed by atoms with Gasteiger partial charge in [-0.1, -0.05) is 19.9 Å². The van der Waals surface area contributed by atoms with E-state index < -0.39 is 49.2 Å². The molecule has 1 aliphatic rings. The van der Waals surface area contributed by atoms with Gasteiger partial charge in [0.25, 0.3) is 0 Å². The highest BCUT2D eigenvalue weighted by molar-refractivity contribution is 7.91. The van der Waals surface area contributed by atoms with Gasteiger partial charge in [-0.25, -0.2) is 8.42 Å². The molecule has 1 amide bonds. The number of carbonyl (C=O) groups excluding carboxylic acids is 1. The number of sulfone groups is 1. The Labute approximate surface area is 113 Å². The van der Waals surface area contributed by atoms with Crippen LogP contribution in [0.3, 0.4) is 0 Å². The Morgan fingerprint density at radius 1 is 1.25 bits per heavy atom. The van der Waals surface area contributed by atoms with Crippen LogP contribution in [0.5, 0.6) is 0 Å². The normalized spacial score (nSPS) is 20.8. The summed E-state index contributed by atoms with van der Waals surface area (Å²) >= 11 is 0. The lowest BCUT2D eigenvalue weighted by molar-refractivity contribution is -0.137. The fraction of sp³-hybridized carbons (Fsp3) is 0.417. The minimum absolute atomic E-state index is 0.494. The number of nitrogens with one attached hydrogen (secondary N) is 1. The zero-order valence-electron chi connectivity index (χ0n) is 10.7. The van der Waals surface area contributed by atoms with Crippen LogP contribution in [0.2, 0.25) is 0 Å². The molecule has 1 heterocycles. The van der Waals surface area contributed by atoms with Gasteiger partial charge < -0.3 is 5.32 Å². The van der Waals surface area contributed by atoms with Crippen molar-refractivity contribution in [3.8, 4) is 0 Å². The Morgan fingerprint density at radius 2 is 1.85 bits per heavy atom. The number of rotatable bonds is 0. The van der Waals surface area contributed by atoms with E-state index in [0.29, 0.717) is 0 Å². The summed E-state index contributed by atoms with van der Waals surface area (Å²) in [6, 6.07) is 2.83. The second-order valence-corrected chi connectivity index (χ2v) is 7.23. The second kappa shape index (κ2) is 4.21. The van der Waals surface area contributed by atoms with Crippen molar-refractivity contribution in [2.75, 3.05) is 11.1 Å². The molecule has 0 unspecified atom stereocenters. The van der Waals surface area contributed by atoms with Gasteiger partial charge in [0.05, 0.1) is 27.3 Å². The fourth-order valence-corrected chi connectivity index (χ4v) is 4.05. The van der Waals surface area contributed by atoms with Crippen LogP contribution in [0, 0.1) is 5.41 Å². The van der Waals surface area contributed by atoms with Gasteiger partial charge in [0.15, 0.2) is 9.84 Å². The molecule has 1 aromatic rings. The number of anilines is 1. The first kappa shape index (κ1) is 14.8. The number of hydrogen-bond donors (Lipinski definition) is 1. The number of alkyl halides is 3. The lowest BCUT2D eigenvalue weighted by Gasteiger charge is -2.19. The van der Waals surface area contributed by atoms with Crippen LogP contribution in [0.15, 0.2) is 23.1 Å². The van der Waals surface area contributed by atoms with E-state index in [1.54, 1.807) is 0 Å². The van der Waals surface area contributed by atoms with Gasteiger partial charge >= 0.3 is 6.18 Å². The van der Waals surface area contributed by atoms with Crippen LogP contribution < -0.4 is 5.32 Å². The average molecular weight is 307 g/mol. The Kier molecular flexibility index (Phi) is 3.12. The summed E-state index contributed by atoms with van der Waals surface area (Å²) in [7, 11) is -3.99. The molecule has 1 N–H and O–H groups in total.